The van der Waals surface area contributed by atoms with Crippen LogP contribution in [0.4, 0.5) is 36.4 Å². The third-order valence-corrected chi connectivity index (χ3v) is 8.42. The molecule has 0 bridgehead atoms. The molecule has 2 amide bonds. The molecule has 1 N–H and O–H groups in total. The first-order chi connectivity index (χ1) is 24.7. The van der Waals surface area contributed by atoms with Crippen molar-refractivity contribution in [3.63, 3.8) is 0 Å². The van der Waals surface area contributed by atoms with Crippen LogP contribution in [0, 0.1) is 0 Å². The van der Waals surface area contributed by atoms with E-state index in [1.807, 2.05) is 6.07 Å². The SMILES string of the molecule is Br.Cn1c(C(=O)N2CCN(Cc3ccc(OC(F)(F)C(F)F)cc3)CC2)cc2ccc(Oc3ccc(NC(=O)c4ccc(C(F)(F)F)cc4)cn3)cc21. The van der Waals surface area contributed by atoms with Crippen molar-refractivity contribution in [1.29, 1.82) is 0 Å². The zero-order chi connectivity index (χ0) is 37.2. The number of ether oxygens (including phenoxy) is 2. The minimum atomic E-state index is -4.58. The number of benzene rings is 3. The van der Waals surface area contributed by atoms with E-state index in [0.29, 0.717) is 49.9 Å². The van der Waals surface area contributed by atoms with Crippen LogP contribution in [0.3, 0.4) is 0 Å². The minimum absolute atomic E-state index is 0. The Kier molecular flexibility index (Phi) is 11.7. The molecule has 1 aliphatic heterocycles. The van der Waals surface area contributed by atoms with Crippen LogP contribution in [0.5, 0.6) is 17.4 Å². The average Bonchev–Trinajstić information content (AvgIpc) is 3.44. The van der Waals surface area contributed by atoms with Gasteiger partial charge in [0.25, 0.3) is 11.8 Å². The van der Waals surface area contributed by atoms with Crippen LogP contribution in [0.15, 0.2) is 91.1 Å². The predicted octanol–water partition coefficient (Wildman–Crippen LogP) is 8.41. The Morgan fingerprint density at radius 3 is 2.11 bits per heavy atom. The van der Waals surface area contributed by atoms with E-state index in [9.17, 15) is 40.3 Å². The summed E-state index contributed by atoms with van der Waals surface area (Å²) in [5.74, 6) is -0.466. The van der Waals surface area contributed by atoms with Crippen LogP contribution in [0.2, 0.25) is 0 Å². The molecule has 0 aliphatic carbocycles. The van der Waals surface area contributed by atoms with Crippen molar-refractivity contribution in [2.45, 2.75) is 25.3 Å². The van der Waals surface area contributed by atoms with Gasteiger partial charge in [-0.2, -0.15) is 30.7 Å². The Labute approximate surface area is 308 Å². The number of nitrogens with zero attached hydrogens (tertiary/aromatic N) is 4. The molecule has 0 spiro atoms. The number of amides is 2. The van der Waals surface area contributed by atoms with Gasteiger partial charge in [0.05, 0.1) is 23.0 Å². The summed E-state index contributed by atoms with van der Waals surface area (Å²) < 4.78 is 101. The molecule has 3 heterocycles. The molecule has 280 valence electrons. The van der Waals surface area contributed by atoms with Crippen molar-refractivity contribution in [2.24, 2.45) is 7.05 Å². The first-order valence-corrected chi connectivity index (χ1v) is 15.8. The summed E-state index contributed by atoms with van der Waals surface area (Å²) in [7, 11) is 1.77. The second-order valence-electron chi connectivity index (χ2n) is 12.0. The predicted molar refractivity (Wildman–Crippen MR) is 186 cm³/mol. The third kappa shape index (κ3) is 9.26. The number of rotatable bonds is 10. The molecule has 3 aromatic carbocycles. The van der Waals surface area contributed by atoms with Crippen molar-refractivity contribution in [2.75, 3.05) is 31.5 Å². The zero-order valence-electron chi connectivity index (χ0n) is 27.7. The Bertz CT molecular complexity index is 2050. The van der Waals surface area contributed by atoms with Gasteiger partial charge in [-0.25, -0.2) is 4.98 Å². The molecule has 0 atom stereocenters. The number of aryl methyl sites for hydroxylation is 1. The van der Waals surface area contributed by atoms with Crippen LogP contribution >= 0.6 is 17.0 Å². The van der Waals surface area contributed by atoms with E-state index in [1.165, 1.54) is 42.6 Å². The molecular weight excluding hydrogens is 779 g/mol. The highest BCUT2D eigenvalue weighted by Gasteiger charge is 2.44. The number of carbonyl (C=O) groups is 2. The summed E-state index contributed by atoms with van der Waals surface area (Å²) in [6.45, 7) is 2.48. The standard InChI is InChI=1S/C36H30F7N5O4.BrH/c1-46-29-19-28(51-31-13-9-26(20-44-31)45-32(49)23-4-7-25(8-5-23)35(39,40)41)12-6-24(29)18-30(46)33(50)48-16-14-47(15-17-48)21-22-2-10-27(11-3-22)52-36(42,43)34(37)38;/h2-13,18-20,34H,14-17,21H2,1H3,(H,45,49);1H. The molecule has 1 saturated heterocycles. The maximum absolute atomic E-state index is 13.5. The van der Waals surface area contributed by atoms with Crippen LogP contribution in [-0.2, 0) is 19.8 Å². The summed E-state index contributed by atoms with van der Waals surface area (Å²) in [6, 6.07) is 19.5. The number of alkyl halides is 7. The number of anilines is 1. The number of piperazine rings is 1. The lowest BCUT2D eigenvalue weighted by Crippen LogP contribution is -2.48. The monoisotopic (exact) mass is 809 g/mol. The van der Waals surface area contributed by atoms with Crippen LogP contribution in [-0.4, -0.2) is 69.9 Å². The number of aromatic nitrogens is 2. The number of fused-ring (bicyclic) bond motifs is 1. The van der Waals surface area contributed by atoms with E-state index in [0.717, 1.165) is 40.7 Å². The summed E-state index contributed by atoms with van der Waals surface area (Å²) in [4.78, 5) is 34.0. The van der Waals surface area contributed by atoms with E-state index in [4.69, 9.17) is 4.74 Å². The largest absolute Gasteiger partial charge is 0.461 e. The second kappa shape index (κ2) is 15.8. The van der Waals surface area contributed by atoms with Crippen LogP contribution in [0.25, 0.3) is 10.9 Å². The van der Waals surface area contributed by atoms with Gasteiger partial charge in [0.2, 0.25) is 5.88 Å². The first-order valence-electron chi connectivity index (χ1n) is 15.8. The lowest BCUT2D eigenvalue weighted by Gasteiger charge is -2.34. The fourth-order valence-electron chi connectivity index (χ4n) is 5.62. The molecule has 0 radical (unpaired) electrons. The van der Waals surface area contributed by atoms with Crippen molar-refractivity contribution in [3.05, 3.63) is 114 Å². The number of hydrogen-bond acceptors (Lipinski definition) is 6. The van der Waals surface area contributed by atoms with Crippen molar-refractivity contribution in [3.8, 4) is 17.4 Å². The highest BCUT2D eigenvalue weighted by Crippen LogP contribution is 2.31. The Morgan fingerprint density at radius 1 is 0.849 bits per heavy atom. The van der Waals surface area contributed by atoms with Gasteiger partial charge < -0.3 is 24.3 Å². The van der Waals surface area contributed by atoms with Crippen molar-refractivity contribution in [1.82, 2.24) is 19.4 Å². The molecule has 1 aliphatic rings. The Hall–Kier alpha value is -5.16. The van der Waals surface area contributed by atoms with Crippen molar-refractivity contribution >= 4 is 45.4 Å². The van der Waals surface area contributed by atoms with Gasteiger partial charge in [-0.1, -0.05) is 12.1 Å². The molecule has 17 heteroatoms. The Balaban J connectivity index is 0.00000541. The van der Waals surface area contributed by atoms with E-state index in [-0.39, 0.29) is 40.1 Å². The molecular formula is C36H31BrF7N5O4. The Morgan fingerprint density at radius 2 is 1.51 bits per heavy atom. The van der Waals surface area contributed by atoms with Crippen LogP contribution in [0.1, 0.15) is 32.0 Å². The van der Waals surface area contributed by atoms with Gasteiger partial charge in [-0.15, -0.1) is 17.0 Å². The van der Waals surface area contributed by atoms with Crippen molar-refractivity contribution < 1.29 is 49.8 Å². The fraction of sp³-hybridized carbons (Fsp3) is 0.250. The lowest BCUT2D eigenvalue weighted by atomic mass is 10.1. The number of carbonyl (C=O) groups excluding carboxylic acids is 2. The molecule has 1 fully saturated rings. The first kappa shape index (κ1) is 39.1. The summed E-state index contributed by atoms with van der Waals surface area (Å²) in [6.07, 6.45) is -11.7. The number of nitrogens with one attached hydrogen (secondary N) is 1. The normalized spacial score (nSPS) is 13.9. The average molecular weight is 811 g/mol. The van der Waals surface area contributed by atoms with Gasteiger partial charge in [-0.3, -0.25) is 14.5 Å². The molecule has 0 unspecified atom stereocenters. The van der Waals surface area contributed by atoms with Gasteiger partial charge in [0.15, 0.2) is 0 Å². The molecule has 6 rings (SSSR count). The topological polar surface area (TPSA) is 88.9 Å². The van der Waals surface area contributed by atoms with E-state index >= 15 is 0 Å². The van der Waals surface area contributed by atoms with Gasteiger partial charge in [0, 0.05) is 62.9 Å². The zero-order valence-corrected chi connectivity index (χ0v) is 29.5. The minimum Gasteiger partial charge on any atom is -0.439 e. The number of pyridine rings is 1. The molecule has 53 heavy (non-hydrogen) atoms. The van der Waals surface area contributed by atoms with E-state index in [1.54, 1.807) is 34.7 Å². The van der Waals surface area contributed by atoms with E-state index in [2.05, 4.69) is 19.9 Å². The van der Waals surface area contributed by atoms with Crippen LogP contribution < -0.4 is 14.8 Å². The van der Waals surface area contributed by atoms with Gasteiger partial charge in [-0.05, 0) is 66.2 Å². The highest BCUT2D eigenvalue weighted by atomic mass is 79.9. The van der Waals surface area contributed by atoms with Gasteiger partial charge in [0.1, 0.15) is 17.2 Å². The summed E-state index contributed by atoms with van der Waals surface area (Å²) >= 11 is 0. The smallest absolute Gasteiger partial charge is 0.439 e. The summed E-state index contributed by atoms with van der Waals surface area (Å²) in [5.41, 5.74) is 1.48. The lowest BCUT2D eigenvalue weighted by molar-refractivity contribution is -0.253. The molecule has 5 aromatic rings. The quantitative estimate of drug-likeness (QED) is 0.143. The molecule has 0 saturated carbocycles. The highest BCUT2D eigenvalue weighted by molar-refractivity contribution is 8.93. The van der Waals surface area contributed by atoms with E-state index < -0.39 is 30.2 Å². The fourth-order valence-corrected chi connectivity index (χ4v) is 5.62. The number of hydrogen-bond donors (Lipinski definition) is 1. The maximum Gasteiger partial charge on any atom is 0.461 e. The summed E-state index contributed by atoms with van der Waals surface area (Å²) in [5, 5.41) is 3.39. The molecule has 9 nitrogen and oxygen atoms in total. The third-order valence-electron chi connectivity index (χ3n) is 8.42. The molecule has 2 aromatic heterocycles. The second-order valence-corrected chi connectivity index (χ2v) is 12.0. The maximum atomic E-state index is 13.5. The van der Waals surface area contributed by atoms with Gasteiger partial charge >= 0.3 is 18.7 Å². The number of halogens is 8.